The predicted octanol–water partition coefficient (Wildman–Crippen LogP) is 1.88. The molecule has 1 aromatic rings. The van der Waals surface area contributed by atoms with E-state index in [9.17, 15) is 0 Å². The largest absolute Gasteiger partial charge is 0.340 e. The number of anilines is 1. The van der Waals surface area contributed by atoms with Crippen LogP contribution in [0.4, 0.5) is 5.95 Å². The van der Waals surface area contributed by atoms with Gasteiger partial charge in [0, 0.05) is 25.0 Å². The van der Waals surface area contributed by atoms with Crippen LogP contribution in [0.25, 0.3) is 0 Å². The van der Waals surface area contributed by atoms with E-state index in [2.05, 4.69) is 28.7 Å². The van der Waals surface area contributed by atoms with Crippen molar-refractivity contribution in [2.24, 2.45) is 17.3 Å². The van der Waals surface area contributed by atoms with Gasteiger partial charge in [0.1, 0.15) is 0 Å². The number of piperidine rings is 1. The molecule has 0 amide bonds. The highest BCUT2D eigenvalue weighted by molar-refractivity contribution is 5.37. The molecule has 3 nitrogen and oxygen atoms in total. The number of nitrogens with zero attached hydrogens (tertiary/aromatic N) is 3. The highest BCUT2D eigenvalue weighted by Crippen LogP contribution is 2.62. The molecular weight excluding hydrogens is 186 g/mol. The molecule has 2 atom stereocenters. The average molecular weight is 203 g/mol. The molecule has 1 saturated carbocycles. The average Bonchev–Trinajstić information content (AvgIpc) is 2.63. The minimum absolute atomic E-state index is 0.570. The number of rotatable bonds is 1. The summed E-state index contributed by atoms with van der Waals surface area (Å²) >= 11 is 0. The van der Waals surface area contributed by atoms with Gasteiger partial charge in [-0.15, -0.1) is 0 Å². The van der Waals surface area contributed by atoms with Crippen LogP contribution in [-0.4, -0.2) is 23.1 Å². The highest BCUT2D eigenvalue weighted by atomic mass is 15.3. The lowest BCUT2D eigenvalue weighted by molar-refractivity contribution is 0.496. The third kappa shape index (κ3) is 1.25. The van der Waals surface area contributed by atoms with E-state index in [1.54, 1.807) is 0 Å². The quantitative estimate of drug-likeness (QED) is 0.698. The highest BCUT2D eigenvalue weighted by Gasteiger charge is 2.62. The lowest BCUT2D eigenvalue weighted by Crippen LogP contribution is -2.27. The van der Waals surface area contributed by atoms with Crippen LogP contribution >= 0.6 is 0 Å². The fourth-order valence-corrected chi connectivity index (χ4v) is 2.88. The van der Waals surface area contributed by atoms with E-state index in [1.165, 1.54) is 0 Å². The summed E-state index contributed by atoms with van der Waals surface area (Å²) in [6.45, 7) is 9.04. The molecule has 1 aliphatic heterocycles. The number of hydrogen-bond acceptors (Lipinski definition) is 3. The van der Waals surface area contributed by atoms with E-state index < -0.39 is 0 Å². The monoisotopic (exact) mass is 203 g/mol. The summed E-state index contributed by atoms with van der Waals surface area (Å²) in [6, 6.07) is 1.95. The molecule has 3 heteroatoms. The molecule has 0 N–H and O–H groups in total. The van der Waals surface area contributed by atoms with Crippen molar-refractivity contribution >= 4 is 5.95 Å². The van der Waals surface area contributed by atoms with Gasteiger partial charge in [-0.2, -0.15) is 0 Å². The molecular formula is C12H17N3. The molecule has 1 aromatic heterocycles. The van der Waals surface area contributed by atoms with Gasteiger partial charge in [0.2, 0.25) is 5.95 Å². The summed E-state index contributed by atoms with van der Waals surface area (Å²) in [5.74, 6) is 2.64. The van der Waals surface area contributed by atoms with Crippen molar-refractivity contribution in [1.29, 1.82) is 0 Å². The first-order valence-corrected chi connectivity index (χ1v) is 5.63. The molecule has 2 unspecified atom stereocenters. The first-order chi connectivity index (χ1) is 7.09. The predicted molar refractivity (Wildman–Crippen MR) is 59.7 cm³/mol. The first kappa shape index (κ1) is 9.13. The molecule has 2 aliphatic rings. The van der Waals surface area contributed by atoms with Crippen LogP contribution in [0.2, 0.25) is 0 Å². The third-order valence-electron chi connectivity index (χ3n) is 4.19. The van der Waals surface area contributed by atoms with Crippen molar-refractivity contribution in [2.45, 2.75) is 20.8 Å². The molecule has 80 valence electrons. The van der Waals surface area contributed by atoms with E-state index in [1.807, 2.05) is 19.2 Å². The molecule has 15 heavy (non-hydrogen) atoms. The van der Waals surface area contributed by atoms with Gasteiger partial charge in [-0.05, 0) is 30.2 Å². The molecule has 0 radical (unpaired) electrons. The molecule has 2 fully saturated rings. The molecule has 0 aromatic carbocycles. The molecule has 1 saturated heterocycles. The van der Waals surface area contributed by atoms with Crippen molar-refractivity contribution in [1.82, 2.24) is 9.97 Å². The fourth-order valence-electron chi connectivity index (χ4n) is 2.88. The normalized spacial score (nSPS) is 31.5. The topological polar surface area (TPSA) is 29.0 Å². The van der Waals surface area contributed by atoms with E-state index in [4.69, 9.17) is 0 Å². The van der Waals surface area contributed by atoms with Gasteiger partial charge in [-0.25, -0.2) is 9.97 Å². The van der Waals surface area contributed by atoms with E-state index in [0.29, 0.717) is 5.41 Å². The smallest absolute Gasteiger partial charge is 0.225 e. The molecule has 0 spiro atoms. The van der Waals surface area contributed by atoms with Gasteiger partial charge in [0.15, 0.2) is 0 Å². The number of aryl methyl sites for hydroxylation is 1. The lowest BCUT2D eigenvalue weighted by Gasteiger charge is -2.21. The Bertz CT molecular complexity index is 386. The maximum atomic E-state index is 4.47. The standard InChI is InChI=1S/C12H17N3/c1-8-4-5-13-11(14-8)15-6-9-10(7-15)12(9,2)3/h4-5,9-10H,6-7H2,1-3H3. The minimum atomic E-state index is 0.570. The van der Waals surface area contributed by atoms with Crippen LogP contribution in [-0.2, 0) is 0 Å². The fraction of sp³-hybridized carbons (Fsp3) is 0.667. The summed E-state index contributed by atoms with van der Waals surface area (Å²) in [4.78, 5) is 11.1. The Kier molecular flexibility index (Phi) is 1.65. The number of aromatic nitrogens is 2. The molecule has 2 heterocycles. The molecule has 0 bridgehead atoms. The van der Waals surface area contributed by atoms with Crippen molar-refractivity contribution in [3.05, 3.63) is 18.0 Å². The second-order valence-corrected chi connectivity index (χ2v) is 5.44. The Morgan fingerprint density at radius 2 is 2.00 bits per heavy atom. The van der Waals surface area contributed by atoms with Gasteiger partial charge in [0.25, 0.3) is 0 Å². The van der Waals surface area contributed by atoms with Crippen LogP contribution in [0.1, 0.15) is 19.5 Å². The Balaban J connectivity index is 1.78. The van der Waals surface area contributed by atoms with Crippen LogP contribution in [0.15, 0.2) is 12.3 Å². The number of fused-ring (bicyclic) bond motifs is 1. The summed E-state index contributed by atoms with van der Waals surface area (Å²) in [7, 11) is 0. The Morgan fingerprint density at radius 1 is 1.33 bits per heavy atom. The van der Waals surface area contributed by atoms with Crippen LogP contribution in [0, 0.1) is 24.2 Å². The Labute approximate surface area is 90.5 Å². The molecule has 1 aliphatic carbocycles. The zero-order chi connectivity index (χ0) is 10.6. The first-order valence-electron chi connectivity index (χ1n) is 5.63. The summed E-state index contributed by atoms with van der Waals surface area (Å²) in [5, 5.41) is 0. The summed E-state index contributed by atoms with van der Waals surface area (Å²) in [6.07, 6.45) is 1.85. The zero-order valence-corrected chi connectivity index (χ0v) is 9.57. The number of hydrogen-bond donors (Lipinski definition) is 0. The summed E-state index contributed by atoms with van der Waals surface area (Å²) in [5.41, 5.74) is 1.63. The van der Waals surface area contributed by atoms with Gasteiger partial charge in [0.05, 0.1) is 0 Å². The van der Waals surface area contributed by atoms with Crippen LogP contribution in [0.5, 0.6) is 0 Å². The SMILES string of the molecule is Cc1ccnc(N2CC3C(C2)C3(C)C)n1. The second-order valence-electron chi connectivity index (χ2n) is 5.44. The summed E-state index contributed by atoms with van der Waals surface area (Å²) < 4.78 is 0. The van der Waals surface area contributed by atoms with Gasteiger partial charge < -0.3 is 4.90 Å². The van der Waals surface area contributed by atoms with Crippen LogP contribution < -0.4 is 4.90 Å². The van der Waals surface area contributed by atoms with Crippen molar-refractivity contribution in [2.75, 3.05) is 18.0 Å². The van der Waals surface area contributed by atoms with E-state index >= 15 is 0 Å². The van der Waals surface area contributed by atoms with Crippen LogP contribution in [0.3, 0.4) is 0 Å². The van der Waals surface area contributed by atoms with Gasteiger partial charge in [-0.3, -0.25) is 0 Å². The van der Waals surface area contributed by atoms with Gasteiger partial charge >= 0.3 is 0 Å². The van der Waals surface area contributed by atoms with Gasteiger partial charge in [-0.1, -0.05) is 13.8 Å². The van der Waals surface area contributed by atoms with Crippen molar-refractivity contribution < 1.29 is 0 Å². The minimum Gasteiger partial charge on any atom is -0.340 e. The maximum absolute atomic E-state index is 4.47. The zero-order valence-electron chi connectivity index (χ0n) is 9.57. The molecule has 3 rings (SSSR count). The Morgan fingerprint density at radius 3 is 2.60 bits per heavy atom. The maximum Gasteiger partial charge on any atom is 0.225 e. The Hall–Kier alpha value is -1.12. The second kappa shape index (κ2) is 2.71. The van der Waals surface area contributed by atoms with Crippen molar-refractivity contribution in [3.8, 4) is 0 Å². The van der Waals surface area contributed by atoms with E-state index in [0.717, 1.165) is 36.6 Å². The third-order valence-corrected chi connectivity index (χ3v) is 4.19. The van der Waals surface area contributed by atoms with E-state index in [-0.39, 0.29) is 0 Å². The van der Waals surface area contributed by atoms with Crippen molar-refractivity contribution in [3.63, 3.8) is 0 Å². The lowest BCUT2D eigenvalue weighted by atomic mass is 10.1.